The molecule has 0 aromatic carbocycles. The smallest absolute Gasteiger partial charge is 0.252 e. The molecule has 1 amide bonds. The van der Waals surface area contributed by atoms with Gasteiger partial charge in [-0.1, -0.05) is 6.92 Å². The number of anilines is 2. The summed E-state index contributed by atoms with van der Waals surface area (Å²) in [6, 6.07) is 0. The minimum Gasteiger partial charge on any atom is -0.380 e. The lowest BCUT2D eigenvalue weighted by Crippen LogP contribution is -2.58. The van der Waals surface area contributed by atoms with Gasteiger partial charge >= 0.3 is 0 Å². The van der Waals surface area contributed by atoms with E-state index in [1.807, 2.05) is 18.7 Å². The van der Waals surface area contributed by atoms with Gasteiger partial charge < -0.3 is 14.5 Å². The van der Waals surface area contributed by atoms with Crippen LogP contribution in [0, 0.1) is 0 Å². The number of methoxy groups -OCH3 is 1. The summed E-state index contributed by atoms with van der Waals surface area (Å²) in [4.78, 5) is 25.2. The van der Waals surface area contributed by atoms with Crippen molar-refractivity contribution in [2.45, 2.75) is 38.3 Å². The minimum absolute atomic E-state index is 0.0112. The average Bonchev–Trinajstić information content (AvgIpc) is 2.82. The molecule has 0 N–H and O–H groups in total. The third kappa shape index (κ3) is 1.92. The minimum atomic E-state index is -0.634. The molecule has 0 spiro atoms. The van der Waals surface area contributed by atoms with E-state index in [9.17, 15) is 4.79 Å². The molecule has 21 heavy (non-hydrogen) atoms. The number of ether oxygens (including phenoxy) is 1. The highest BCUT2D eigenvalue weighted by molar-refractivity contribution is 6.28. The third-order valence-electron chi connectivity index (χ3n) is 4.54. The molecule has 6 nitrogen and oxygen atoms in total. The van der Waals surface area contributed by atoms with Gasteiger partial charge in [-0.2, -0.15) is 4.98 Å². The molecule has 3 heterocycles. The number of aryl methyl sites for hydroxylation is 1. The Morgan fingerprint density at radius 3 is 2.81 bits per heavy atom. The van der Waals surface area contributed by atoms with Crippen LogP contribution in [0.5, 0.6) is 0 Å². The van der Waals surface area contributed by atoms with Crippen molar-refractivity contribution in [2.75, 3.05) is 30.5 Å². The van der Waals surface area contributed by atoms with Crippen LogP contribution in [0.2, 0.25) is 5.28 Å². The van der Waals surface area contributed by atoms with Crippen LogP contribution in [0.25, 0.3) is 0 Å². The predicted octanol–water partition coefficient (Wildman–Crippen LogP) is 1.65. The summed E-state index contributed by atoms with van der Waals surface area (Å²) in [5, 5.41) is 0.219. The van der Waals surface area contributed by atoms with Crippen molar-refractivity contribution in [1.82, 2.24) is 9.97 Å². The van der Waals surface area contributed by atoms with Crippen LogP contribution in [0.3, 0.4) is 0 Å². The Kier molecular flexibility index (Phi) is 3.33. The highest BCUT2D eigenvalue weighted by Crippen LogP contribution is 2.46. The Bertz CT molecular complexity index is 609. The average molecular weight is 311 g/mol. The van der Waals surface area contributed by atoms with Crippen LogP contribution >= 0.6 is 11.6 Å². The van der Waals surface area contributed by atoms with Crippen molar-refractivity contribution in [3.05, 3.63) is 11.0 Å². The van der Waals surface area contributed by atoms with Gasteiger partial charge in [0.15, 0.2) is 5.82 Å². The summed E-state index contributed by atoms with van der Waals surface area (Å²) in [6.45, 7) is 4.57. The van der Waals surface area contributed by atoms with Crippen LogP contribution < -0.4 is 9.80 Å². The molecule has 0 aliphatic carbocycles. The number of rotatable bonds is 2. The zero-order valence-corrected chi connectivity index (χ0v) is 13.4. The molecular formula is C14H19ClN4O2. The van der Waals surface area contributed by atoms with Crippen LogP contribution in [-0.2, 0) is 16.0 Å². The van der Waals surface area contributed by atoms with E-state index in [-0.39, 0.29) is 17.3 Å². The Morgan fingerprint density at radius 1 is 1.48 bits per heavy atom. The largest absolute Gasteiger partial charge is 0.380 e. The number of halogens is 1. The highest BCUT2D eigenvalue weighted by Gasteiger charge is 2.54. The van der Waals surface area contributed by atoms with Crippen LogP contribution in [0.15, 0.2) is 0 Å². The van der Waals surface area contributed by atoms with Gasteiger partial charge in [0.05, 0.1) is 11.8 Å². The molecule has 3 rings (SSSR count). The lowest BCUT2D eigenvalue weighted by molar-refractivity contribution is -0.123. The van der Waals surface area contributed by atoms with E-state index in [4.69, 9.17) is 16.3 Å². The number of hydrogen-bond donors (Lipinski definition) is 0. The van der Waals surface area contributed by atoms with E-state index in [0.717, 1.165) is 17.2 Å². The molecular weight excluding hydrogens is 292 g/mol. The fourth-order valence-corrected chi connectivity index (χ4v) is 3.59. The summed E-state index contributed by atoms with van der Waals surface area (Å²) >= 11 is 6.07. The van der Waals surface area contributed by atoms with E-state index in [1.54, 1.807) is 19.1 Å². The molecule has 2 aliphatic heterocycles. The molecule has 114 valence electrons. The molecule has 1 fully saturated rings. The number of amides is 1. The van der Waals surface area contributed by atoms with Crippen molar-refractivity contribution in [2.24, 2.45) is 0 Å². The highest BCUT2D eigenvalue weighted by atomic mass is 35.5. The number of nitrogens with zero attached hydrogens (tertiary/aromatic N) is 4. The first kappa shape index (κ1) is 14.5. The zero-order chi connectivity index (χ0) is 15.4. The van der Waals surface area contributed by atoms with Crippen molar-refractivity contribution >= 4 is 29.0 Å². The molecule has 2 aliphatic rings. The van der Waals surface area contributed by atoms with E-state index < -0.39 is 5.54 Å². The molecule has 0 saturated carbocycles. The molecule has 1 aromatic rings. The Labute approximate surface area is 129 Å². The maximum absolute atomic E-state index is 12.8. The topological polar surface area (TPSA) is 58.6 Å². The van der Waals surface area contributed by atoms with Crippen molar-refractivity contribution < 1.29 is 9.53 Å². The number of aromatic nitrogens is 2. The molecule has 7 heteroatoms. The standard InChI is InChI=1S/C14H19ClN4O2/c1-5-9-10-11(17-13(15)16-9)19-7-8(21-4)6-14(19,2)12(20)18(10)3/h8H,5-7H2,1-4H3/t8-,14-/m1/s1. The van der Waals surface area contributed by atoms with Gasteiger partial charge in [-0.15, -0.1) is 0 Å². The number of fused-ring (bicyclic) bond motifs is 3. The second-order valence-corrected chi connectivity index (χ2v) is 6.11. The summed E-state index contributed by atoms with van der Waals surface area (Å²) in [6.07, 6.45) is 1.35. The van der Waals surface area contributed by atoms with Gasteiger partial charge in [0.2, 0.25) is 5.28 Å². The SMILES string of the molecule is CCc1nc(Cl)nc2c1N(C)C(=O)[C@@]1(C)C[C@@H](OC)CN21. The predicted molar refractivity (Wildman–Crippen MR) is 81.0 cm³/mol. The van der Waals surface area contributed by atoms with E-state index in [1.165, 1.54) is 0 Å². The van der Waals surface area contributed by atoms with E-state index >= 15 is 0 Å². The number of carbonyl (C=O) groups is 1. The number of likely N-dealkylation sites (N-methyl/N-ethyl adjacent to an activating group) is 1. The van der Waals surface area contributed by atoms with Gasteiger partial charge in [0, 0.05) is 27.1 Å². The first-order valence-electron chi connectivity index (χ1n) is 7.07. The van der Waals surface area contributed by atoms with Crippen LogP contribution in [0.1, 0.15) is 26.0 Å². The Hall–Kier alpha value is -1.40. The van der Waals surface area contributed by atoms with Gasteiger partial charge in [0.1, 0.15) is 11.2 Å². The lowest BCUT2D eigenvalue weighted by atomic mass is 9.93. The molecule has 2 atom stereocenters. The maximum Gasteiger partial charge on any atom is 0.252 e. The van der Waals surface area contributed by atoms with Crippen molar-refractivity contribution in [3.63, 3.8) is 0 Å². The summed E-state index contributed by atoms with van der Waals surface area (Å²) < 4.78 is 5.46. The first-order valence-corrected chi connectivity index (χ1v) is 7.45. The monoisotopic (exact) mass is 310 g/mol. The van der Waals surface area contributed by atoms with Crippen molar-refractivity contribution in [1.29, 1.82) is 0 Å². The fourth-order valence-electron chi connectivity index (χ4n) is 3.40. The summed E-state index contributed by atoms with van der Waals surface area (Å²) in [5.74, 6) is 0.783. The second kappa shape index (κ2) is 4.81. The normalized spacial score (nSPS) is 27.9. The first-order chi connectivity index (χ1) is 9.92. The van der Waals surface area contributed by atoms with E-state index in [2.05, 4.69) is 9.97 Å². The van der Waals surface area contributed by atoms with Gasteiger partial charge in [-0.05, 0) is 24.9 Å². The maximum atomic E-state index is 12.8. The van der Waals surface area contributed by atoms with Crippen LogP contribution in [0.4, 0.5) is 11.5 Å². The molecule has 0 radical (unpaired) electrons. The Balaban J connectivity index is 2.21. The van der Waals surface area contributed by atoms with Gasteiger partial charge in [-0.25, -0.2) is 4.98 Å². The van der Waals surface area contributed by atoms with Gasteiger partial charge in [-0.3, -0.25) is 4.79 Å². The summed E-state index contributed by atoms with van der Waals surface area (Å²) in [5.41, 5.74) is 0.926. The lowest BCUT2D eigenvalue weighted by Gasteiger charge is -2.43. The molecule has 0 bridgehead atoms. The van der Waals surface area contributed by atoms with Crippen molar-refractivity contribution in [3.8, 4) is 0 Å². The number of hydrogen-bond acceptors (Lipinski definition) is 5. The molecule has 1 aromatic heterocycles. The quantitative estimate of drug-likeness (QED) is 0.777. The zero-order valence-electron chi connectivity index (χ0n) is 12.7. The fraction of sp³-hybridized carbons (Fsp3) is 0.643. The van der Waals surface area contributed by atoms with E-state index in [0.29, 0.717) is 19.4 Å². The molecule has 1 saturated heterocycles. The number of carbonyl (C=O) groups excluding carboxylic acids is 1. The second-order valence-electron chi connectivity index (χ2n) is 5.78. The third-order valence-corrected chi connectivity index (χ3v) is 4.71. The molecule has 0 unspecified atom stereocenters. The Morgan fingerprint density at radius 2 is 2.19 bits per heavy atom. The van der Waals surface area contributed by atoms with Crippen LogP contribution in [-0.4, -0.2) is 48.2 Å². The summed E-state index contributed by atoms with van der Waals surface area (Å²) in [7, 11) is 3.45. The van der Waals surface area contributed by atoms with Gasteiger partial charge in [0.25, 0.3) is 5.91 Å².